The van der Waals surface area contributed by atoms with Gasteiger partial charge in [-0.15, -0.1) is 10.2 Å². The Bertz CT molecular complexity index is 1400. The lowest BCUT2D eigenvalue weighted by molar-refractivity contribution is 0.0570. The molecule has 0 N–H and O–H groups in total. The van der Waals surface area contributed by atoms with E-state index in [4.69, 9.17) is 14.1 Å². The summed E-state index contributed by atoms with van der Waals surface area (Å²) in [4.78, 5) is 37.4. The molecule has 2 aromatic carbocycles. The molecule has 0 saturated carbocycles. The van der Waals surface area contributed by atoms with Crippen molar-refractivity contribution in [3.05, 3.63) is 72.1 Å². The van der Waals surface area contributed by atoms with Gasteiger partial charge in [-0.25, -0.2) is 9.78 Å². The summed E-state index contributed by atoms with van der Waals surface area (Å²) >= 11 is 0. The zero-order valence-corrected chi connectivity index (χ0v) is 20.6. The Labute approximate surface area is 213 Å². The first-order chi connectivity index (χ1) is 18.0. The molecule has 2 aromatic heterocycles. The number of rotatable bonds is 5. The number of aryl methyl sites for hydroxylation is 1. The molecule has 37 heavy (non-hydrogen) atoms. The fraction of sp³-hybridized carbons (Fsp3) is 0.259. The van der Waals surface area contributed by atoms with Gasteiger partial charge in [-0.2, -0.15) is 0 Å². The minimum absolute atomic E-state index is 0.0787. The summed E-state index contributed by atoms with van der Waals surface area (Å²) < 4.78 is 10.9. The van der Waals surface area contributed by atoms with Crippen molar-refractivity contribution in [2.24, 2.45) is 0 Å². The molecule has 10 heteroatoms. The molecular weight excluding hydrogens is 472 g/mol. The third-order valence-electron chi connectivity index (χ3n) is 6.12. The standard InChI is InChI=1S/C27H26N6O4/c1-3-36-27(35)33-15-13-32(14-16-33)26(34)21-11-9-19(10-12-21)22-17-28-18(2)23(29-22)25-31-30-24(37-25)20-7-5-4-6-8-20/h4-12,17H,3,13-16H2,1-2H3. The largest absolute Gasteiger partial charge is 0.450 e. The van der Waals surface area contributed by atoms with E-state index in [-0.39, 0.29) is 12.0 Å². The summed E-state index contributed by atoms with van der Waals surface area (Å²) in [6.07, 6.45) is 1.34. The molecular formula is C27H26N6O4. The molecule has 188 valence electrons. The van der Waals surface area contributed by atoms with E-state index in [1.807, 2.05) is 49.4 Å². The van der Waals surface area contributed by atoms with Gasteiger partial charge in [0.05, 0.1) is 24.2 Å². The van der Waals surface area contributed by atoms with E-state index >= 15 is 0 Å². The number of amides is 2. The number of ether oxygens (including phenoxy) is 1. The molecule has 1 aliphatic rings. The lowest BCUT2D eigenvalue weighted by atomic mass is 10.1. The second-order valence-corrected chi connectivity index (χ2v) is 8.52. The van der Waals surface area contributed by atoms with Crippen molar-refractivity contribution in [1.82, 2.24) is 30.0 Å². The third-order valence-corrected chi connectivity index (χ3v) is 6.12. The minimum atomic E-state index is -0.339. The molecule has 1 saturated heterocycles. The molecule has 5 rings (SSSR count). The van der Waals surface area contributed by atoms with Crippen LogP contribution < -0.4 is 0 Å². The fourth-order valence-electron chi connectivity index (χ4n) is 4.08. The third kappa shape index (κ3) is 5.18. The summed E-state index contributed by atoms with van der Waals surface area (Å²) in [5.74, 6) is 0.623. The zero-order valence-electron chi connectivity index (χ0n) is 20.6. The van der Waals surface area contributed by atoms with Crippen LogP contribution in [-0.4, -0.2) is 74.8 Å². The number of nitrogens with zero attached hydrogens (tertiary/aromatic N) is 6. The normalized spacial score (nSPS) is 13.5. The Morgan fingerprint density at radius 1 is 0.892 bits per heavy atom. The Hall–Kier alpha value is -4.60. The second kappa shape index (κ2) is 10.6. The molecule has 1 fully saturated rings. The number of carbonyl (C=O) groups is 2. The van der Waals surface area contributed by atoms with Gasteiger partial charge in [-0.05, 0) is 38.1 Å². The molecule has 1 aliphatic heterocycles. The van der Waals surface area contributed by atoms with E-state index in [0.29, 0.717) is 67.2 Å². The average molecular weight is 499 g/mol. The van der Waals surface area contributed by atoms with Crippen LogP contribution in [0.4, 0.5) is 4.79 Å². The van der Waals surface area contributed by atoms with Gasteiger partial charge in [-0.1, -0.05) is 30.3 Å². The van der Waals surface area contributed by atoms with Crippen molar-refractivity contribution in [2.75, 3.05) is 32.8 Å². The van der Waals surface area contributed by atoms with Crippen LogP contribution in [0.5, 0.6) is 0 Å². The van der Waals surface area contributed by atoms with Gasteiger partial charge in [-0.3, -0.25) is 9.78 Å². The Morgan fingerprint density at radius 2 is 1.57 bits per heavy atom. The van der Waals surface area contributed by atoms with Crippen LogP contribution in [0.2, 0.25) is 0 Å². The van der Waals surface area contributed by atoms with Gasteiger partial charge in [0.1, 0.15) is 5.69 Å². The Kier molecular flexibility index (Phi) is 6.89. The van der Waals surface area contributed by atoms with Crippen LogP contribution in [0.3, 0.4) is 0 Å². The maximum atomic E-state index is 13.0. The summed E-state index contributed by atoms with van der Waals surface area (Å²) in [5, 5.41) is 8.32. The monoisotopic (exact) mass is 498 g/mol. The Balaban J connectivity index is 1.30. The number of carbonyl (C=O) groups excluding carboxylic acids is 2. The first kappa shape index (κ1) is 24.1. The first-order valence-electron chi connectivity index (χ1n) is 12.1. The number of hydrogen-bond acceptors (Lipinski definition) is 8. The molecule has 0 bridgehead atoms. The van der Waals surface area contributed by atoms with Crippen LogP contribution >= 0.6 is 0 Å². The SMILES string of the molecule is CCOC(=O)N1CCN(C(=O)c2ccc(-c3cnc(C)c(-c4nnc(-c5ccccc5)o4)n3)cc2)CC1. The summed E-state index contributed by atoms with van der Waals surface area (Å²) in [6.45, 7) is 5.76. The van der Waals surface area contributed by atoms with Crippen LogP contribution in [0.1, 0.15) is 23.0 Å². The predicted octanol–water partition coefficient (Wildman–Crippen LogP) is 4.08. The zero-order chi connectivity index (χ0) is 25.8. The van der Waals surface area contributed by atoms with Crippen molar-refractivity contribution in [2.45, 2.75) is 13.8 Å². The highest BCUT2D eigenvalue weighted by molar-refractivity contribution is 5.94. The van der Waals surface area contributed by atoms with Gasteiger partial charge in [0.15, 0.2) is 0 Å². The van der Waals surface area contributed by atoms with E-state index in [9.17, 15) is 9.59 Å². The average Bonchev–Trinajstić information content (AvgIpc) is 3.44. The maximum absolute atomic E-state index is 13.0. The lowest BCUT2D eigenvalue weighted by Crippen LogP contribution is -2.50. The van der Waals surface area contributed by atoms with Gasteiger partial charge >= 0.3 is 6.09 Å². The predicted molar refractivity (Wildman–Crippen MR) is 135 cm³/mol. The number of aromatic nitrogens is 4. The number of piperazine rings is 1. The van der Waals surface area contributed by atoms with Crippen LogP contribution in [0, 0.1) is 6.92 Å². The maximum Gasteiger partial charge on any atom is 0.409 e. The van der Waals surface area contributed by atoms with Gasteiger partial charge in [0.25, 0.3) is 11.8 Å². The molecule has 2 amide bonds. The van der Waals surface area contributed by atoms with E-state index in [0.717, 1.165) is 11.1 Å². The van der Waals surface area contributed by atoms with Crippen LogP contribution in [0.25, 0.3) is 34.3 Å². The van der Waals surface area contributed by atoms with Crippen molar-refractivity contribution < 1.29 is 18.7 Å². The highest BCUT2D eigenvalue weighted by atomic mass is 16.6. The van der Waals surface area contributed by atoms with Crippen molar-refractivity contribution >= 4 is 12.0 Å². The Morgan fingerprint density at radius 3 is 2.27 bits per heavy atom. The summed E-state index contributed by atoms with van der Waals surface area (Å²) in [7, 11) is 0. The molecule has 3 heterocycles. The highest BCUT2D eigenvalue weighted by Gasteiger charge is 2.25. The molecule has 0 spiro atoms. The molecule has 10 nitrogen and oxygen atoms in total. The van der Waals surface area contributed by atoms with Crippen molar-refractivity contribution in [3.8, 4) is 34.3 Å². The van der Waals surface area contributed by atoms with E-state index in [1.54, 1.807) is 35.1 Å². The number of hydrogen-bond donors (Lipinski definition) is 0. The lowest BCUT2D eigenvalue weighted by Gasteiger charge is -2.34. The smallest absolute Gasteiger partial charge is 0.409 e. The molecule has 0 unspecified atom stereocenters. The van der Waals surface area contributed by atoms with Crippen molar-refractivity contribution in [3.63, 3.8) is 0 Å². The molecule has 0 radical (unpaired) electrons. The first-order valence-corrected chi connectivity index (χ1v) is 12.1. The van der Waals surface area contributed by atoms with Gasteiger partial charge < -0.3 is 19.0 Å². The fourth-order valence-corrected chi connectivity index (χ4v) is 4.08. The van der Waals surface area contributed by atoms with Gasteiger partial charge in [0, 0.05) is 42.9 Å². The second-order valence-electron chi connectivity index (χ2n) is 8.52. The minimum Gasteiger partial charge on any atom is -0.450 e. The van der Waals surface area contributed by atoms with Crippen LogP contribution in [0.15, 0.2) is 65.2 Å². The quantitative estimate of drug-likeness (QED) is 0.404. The molecule has 0 aliphatic carbocycles. The summed E-state index contributed by atoms with van der Waals surface area (Å²) in [6, 6.07) is 16.8. The molecule has 4 aromatic rings. The van der Waals surface area contributed by atoms with E-state index in [2.05, 4.69) is 15.2 Å². The van der Waals surface area contributed by atoms with E-state index < -0.39 is 0 Å². The van der Waals surface area contributed by atoms with Crippen LogP contribution in [-0.2, 0) is 4.74 Å². The van der Waals surface area contributed by atoms with Crippen molar-refractivity contribution in [1.29, 1.82) is 0 Å². The summed E-state index contributed by atoms with van der Waals surface area (Å²) in [5.41, 5.74) is 4.00. The highest BCUT2D eigenvalue weighted by Crippen LogP contribution is 2.27. The number of benzene rings is 2. The molecule has 0 atom stereocenters. The topological polar surface area (TPSA) is 115 Å². The van der Waals surface area contributed by atoms with Gasteiger partial charge in [0.2, 0.25) is 5.89 Å². The van der Waals surface area contributed by atoms with E-state index in [1.165, 1.54) is 0 Å².